The van der Waals surface area contributed by atoms with E-state index in [1.54, 1.807) is 0 Å². The van der Waals surface area contributed by atoms with E-state index in [1.165, 1.54) is 31.2 Å². The van der Waals surface area contributed by atoms with Gasteiger partial charge in [-0.3, -0.25) is 9.59 Å². The Bertz CT molecular complexity index is 1040. The minimum Gasteiger partial charge on any atom is -0.508 e. The van der Waals surface area contributed by atoms with Crippen LogP contribution in [0.25, 0.3) is 11.0 Å². The van der Waals surface area contributed by atoms with Gasteiger partial charge in [-0.25, -0.2) is 4.79 Å². The molecule has 174 valence electrons. The summed E-state index contributed by atoms with van der Waals surface area (Å²) in [6.45, 7) is 0.420. The molecule has 2 amide bonds. The van der Waals surface area contributed by atoms with Crippen molar-refractivity contribution in [3.05, 3.63) is 40.2 Å². The molecule has 5 atom stereocenters. The van der Waals surface area contributed by atoms with Gasteiger partial charge in [-0.2, -0.15) is 0 Å². The van der Waals surface area contributed by atoms with Crippen LogP contribution in [0, 0.1) is 0 Å². The van der Waals surface area contributed by atoms with E-state index >= 15 is 0 Å². The van der Waals surface area contributed by atoms with Crippen LogP contribution in [0.15, 0.2) is 33.5 Å². The fourth-order valence-electron chi connectivity index (χ4n) is 3.31. The summed E-state index contributed by atoms with van der Waals surface area (Å²) in [5.74, 6) is -1.30. The van der Waals surface area contributed by atoms with Crippen LogP contribution in [0.1, 0.15) is 17.3 Å². The first-order valence-corrected chi connectivity index (χ1v) is 9.77. The highest BCUT2D eigenvalue weighted by atomic mass is 16.7. The molecular weight excluding hydrogens is 428 g/mol. The number of amides is 2. The molecule has 2 aromatic rings. The number of nitrogens with one attached hydrogen (secondary N) is 2. The molecule has 1 aromatic carbocycles. The molecule has 3 rings (SSSR count). The van der Waals surface area contributed by atoms with E-state index in [-0.39, 0.29) is 30.0 Å². The van der Waals surface area contributed by atoms with Crippen molar-refractivity contribution in [1.82, 2.24) is 10.6 Å². The van der Waals surface area contributed by atoms with Crippen molar-refractivity contribution in [3.8, 4) is 5.75 Å². The number of aliphatic hydroxyl groups excluding tert-OH is 3. The summed E-state index contributed by atoms with van der Waals surface area (Å²) in [5.41, 5.74) is -0.995. The van der Waals surface area contributed by atoms with Crippen molar-refractivity contribution in [3.63, 3.8) is 0 Å². The summed E-state index contributed by atoms with van der Waals surface area (Å²) in [5, 5.41) is 44.3. The minimum atomic E-state index is -1.45. The van der Waals surface area contributed by atoms with Gasteiger partial charge < -0.3 is 45.0 Å². The van der Waals surface area contributed by atoms with Gasteiger partial charge >= 0.3 is 5.63 Å². The highest BCUT2D eigenvalue weighted by Gasteiger charge is 2.45. The number of fused-ring (bicyclic) bond motifs is 1. The lowest BCUT2D eigenvalue weighted by atomic mass is 9.97. The van der Waals surface area contributed by atoms with Gasteiger partial charge in [-0.15, -0.1) is 0 Å². The summed E-state index contributed by atoms with van der Waals surface area (Å²) < 4.78 is 15.9. The van der Waals surface area contributed by atoms with E-state index in [0.29, 0.717) is 5.39 Å². The van der Waals surface area contributed by atoms with Crippen LogP contribution < -0.4 is 16.3 Å². The molecule has 2 heterocycles. The normalized spacial score (nSPS) is 25.4. The second-order valence-corrected chi connectivity index (χ2v) is 7.23. The highest BCUT2D eigenvalue weighted by Crippen LogP contribution is 2.22. The van der Waals surface area contributed by atoms with Gasteiger partial charge in [0.25, 0.3) is 5.91 Å². The van der Waals surface area contributed by atoms with Crippen molar-refractivity contribution in [1.29, 1.82) is 0 Å². The Kier molecular flexibility index (Phi) is 7.43. The lowest BCUT2D eigenvalue weighted by molar-refractivity contribution is -0.269. The zero-order valence-corrected chi connectivity index (χ0v) is 17.1. The van der Waals surface area contributed by atoms with Crippen molar-refractivity contribution in [2.45, 2.75) is 37.6 Å². The standard InChI is InChI=1S/C20H24N2O10/c1-9(24)22-15-17(27)16(26)14(8-23)32-20(15)30-5-4-21-18(28)12-6-10-2-3-11(25)7-13(10)31-19(12)29/h2-3,6-7,14-17,20,23,25-27H,4-5,8H2,1H3,(H,21,28)(H,22,24)/t14-,15-,16+,17-,20-/m1/s1. The molecule has 1 aliphatic heterocycles. The molecule has 6 N–H and O–H groups in total. The highest BCUT2D eigenvalue weighted by molar-refractivity contribution is 5.96. The number of aromatic hydroxyl groups is 1. The van der Waals surface area contributed by atoms with Crippen LogP contribution in [0.2, 0.25) is 0 Å². The first-order chi connectivity index (χ1) is 15.2. The van der Waals surface area contributed by atoms with Gasteiger partial charge in [0.2, 0.25) is 5.91 Å². The SMILES string of the molecule is CC(=O)N[C@H]1[C@H](OCCNC(=O)c2cc3ccc(O)cc3oc2=O)O[C@H](CO)[C@H](O)[C@@H]1O. The van der Waals surface area contributed by atoms with Crippen LogP contribution >= 0.6 is 0 Å². The fourth-order valence-corrected chi connectivity index (χ4v) is 3.31. The van der Waals surface area contributed by atoms with E-state index in [2.05, 4.69) is 10.6 Å². The van der Waals surface area contributed by atoms with E-state index in [0.717, 1.165) is 0 Å². The molecule has 0 radical (unpaired) electrons. The number of benzene rings is 1. The summed E-state index contributed by atoms with van der Waals surface area (Å²) in [7, 11) is 0. The molecule has 1 fully saturated rings. The molecular formula is C20H24N2O10. The van der Waals surface area contributed by atoms with E-state index < -0.39 is 54.7 Å². The number of carbonyl (C=O) groups excluding carboxylic acids is 2. The van der Waals surface area contributed by atoms with Crippen LogP contribution in [-0.2, 0) is 14.3 Å². The molecule has 0 aliphatic carbocycles. The summed E-state index contributed by atoms with van der Waals surface area (Å²) >= 11 is 0. The van der Waals surface area contributed by atoms with E-state index in [4.69, 9.17) is 13.9 Å². The summed E-state index contributed by atoms with van der Waals surface area (Å²) in [4.78, 5) is 35.8. The molecule has 12 nitrogen and oxygen atoms in total. The smallest absolute Gasteiger partial charge is 0.349 e. The van der Waals surface area contributed by atoms with Gasteiger partial charge in [0.15, 0.2) is 6.29 Å². The van der Waals surface area contributed by atoms with Crippen LogP contribution in [0.5, 0.6) is 5.75 Å². The van der Waals surface area contributed by atoms with Crippen LogP contribution in [-0.4, -0.2) is 82.6 Å². The van der Waals surface area contributed by atoms with Crippen LogP contribution in [0.3, 0.4) is 0 Å². The van der Waals surface area contributed by atoms with Gasteiger partial charge in [0.05, 0.1) is 13.2 Å². The number of phenolic OH excluding ortho intramolecular Hbond substituents is 1. The Morgan fingerprint density at radius 1 is 1.19 bits per heavy atom. The Hall–Kier alpha value is -3.03. The quantitative estimate of drug-likeness (QED) is 0.206. The number of ether oxygens (including phenoxy) is 2. The number of hydrogen-bond donors (Lipinski definition) is 6. The Morgan fingerprint density at radius 3 is 2.62 bits per heavy atom. The predicted molar refractivity (Wildman–Crippen MR) is 108 cm³/mol. The molecule has 0 spiro atoms. The van der Waals surface area contributed by atoms with Crippen molar-refractivity contribution in [2.75, 3.05) is 19.8 Å². The largest absolute Gasteiger partial charge is 0.508 e. The maximum Gasteiger partial charge on any atom is 0.349 e. The molecule has 0 unspecified atom stereocenters. The lowest BCUT2D eigenvalue weighted by Gasteiger charge is -2.42. The number of phenols is 1. The topological polar surface area (TPSA) is 188 Å². The van der Waals surface area contributed by atoms with Gasteiger partial charge in [0, 0.05) is 24.9 Å². The lowest BCUT2D eigenvalue weighted by Crippen LogP contribution is -2.64. The van der Waals surface area contributed by atoms with E-state index in [1.807, 2.05) is 0 Å². The van der Waals surface area contributed by atoms with Crippen molar-refractivity contribution < 1.29 is 43.9 Å². The zero-order chi connectivity index (χ0) is 23.4. The molecule has 1 aliphatic rings. The minimum absolute atomic E-state index is 0.0685. The average molecular weight is 452 g/mol. The van der Waals surface area contributed by atoms with Gasteiger partial charge in [-0.1, -0.05) is 0 Å². The zero-order valence-electron chi connectivity index (χ0n) is 17.1. The monoisotopic (exact) mass is 452 g/mol. The average Bonchev–Trinajstić information content (AvgIpc) is 2.74. The Morgan fingerprint density at radius 2 is 1.94 bits per heavy atom. The summed E-state index contributed by atoms with van der Waals surface area (Å²) in [6.07, 6.45) is -5.22. The Labute approximate surface area is 181 Å². The fraction of sp³-hybridized carbons (Fsp3) is 0.450. The number of aliphatic hydroxyl groups is 3. The summed E-state index contributed by atoms with van der Waals surface area (Å²) in [6, 6.07) is 4.36. The maximum absolute atomic E-state index is 12.4. The second kappa shape index (κ2) is 10.1. The first-order valence-electron chi connectivity index (χ1n) is 9.77. The third-order valence-electron chi connectivity index (χ3n) is 4.88. The van der Waals surface area contributed by atoms with Gasteiger partial charge in [-0.05, 0) is 18.2 Å². The maximum atomic E-state index is 12.4. The molecule has 12 heteroatoms. The second-order valence-electron chi connectivity index (χ2n) is 7.23. The van der Waals surface area contributed by atoms with E-state index in [9.17, 15) is 34.8 Å². The van der Waals surface area contributed by atoms with Gasteiger partial charge in [0.1, 0.15) is 41.2 Å². The van der Waals surface area contributed by atoms with Crippen LogP contribution in [0.4, 0.5) is 0 Å². The third kappa shape index (κ3) is 5.23. The molecule has 1 saturated heterocycles. The van der Waals surface area contributed by atoms with Crippen molar-refractivity contribution >= 4 is 22.8 Å². The van der Waals surface area contributed by atoms with Crippen molar-refractivity contribution in [2.24, 2.45) is 0 Å². The third-order valence-corrected chi connectivity index (χ3v) is 4.88. The number of rotatable bonds is 7. The first kappa shape index (κ1) is 23.6. The predicted octanol–water partition coefficient (Wildman–Crippen LogP) is -1.81. The molecule has 32 heavy (non-hydrogen) atoms. The Balaban J connectivity index is 1.60. The molecule has 1 aromatic heterocycles. The number of hydrogen-bond acceptors (Lipinski definition) is 10. The molecule has 0 bridgehead atoms. The molecule has 0 saturated carbocycles. The number of carbonyl (C=O) groups is 2.